The molecule has 0 saturated carbocycles. The zero-order valence-electron chi connectivity index (χ0n) is 9.58. The highest BCUT2D eigenvalue weighted by Crippen LogP contribution is 2.17. The maximum Gasteiger partial charge on any atom is 0.236 e. The minimum atomic E-state index is 0.500. The number of nitrogens with two attached hydrogens (primary N) is 2. The zero-order valence-corrected chi connectivity index (χ0v) is 10.4. The van der Waals surface area contributed by atoms with Crippen LogP contribution in [0.5, 0.6) is 0 Å². The van der Waals surface area contributed by atoms with E-state index in [0.29, 0.717) is 5.13 Å². The Hall–Kier alpha value is -2.15. The van der Waals surface area contributed by atoms with Gasteiger partial charge in [0, 0.05) is 12.1 Å². The van der Waals surface area contributed by atoms with Gasteiger partial charge in [0.25, 0.3) is 0 Å². The summed E-state index contributed by atoms with van der Waals surface area (Å²) in [5.74, 6) is 0.807. The van der Waals surface area contributed by atoms with E-state index in [9.17, 15) is 0 Å². The lowest BCUT2D eigenvalue weighted by Gasteiger charge is -2.03. The van der Waals surface area contributed by atoms with Crippen LogP contribution in [-0.4, -0.2) is 19.8 Å². The van der Waals surface area contributed by atoms with Crippen molar-refractivity contribution in [2.75, 3.05) is 11.5 Å². The summed E-state index contributed by atoms with van der Waals surface area (Å²) >= 11 is 1.33. The molecule has 7 heteroatoms. The monoisotopic (exact) mass is 260 g/mol. The molecule has 3 aromatic rings. The number of rotatable bonds is 3. The Bertz CT molecular complexity index is 686. The molecular weight excluding hydrogens is 248 g/mol. The smallest absolute Gasteiger partial charge is 0.236 e. The Balaban J connectivity index is 1.83. The number of anilines is 2. The van der Waals surface area contributed by atoms with E-state index in [1.165, 1.54) is 11.3 Å². The lowest BCUT2D eigenvalue weighted by Crippen LogP contribution is -2.01. The van der Waals surface area contributed by atoms with Gasteiger partial charge in [0.15, 0.2) is 5.82 Å². The van der Waals surface area contributed by atoms with Crippen molar-refractivity contribution in [3.05, 3.63) is 35.7 Å². The number of fused-ring (bicyclic) bond motifs is 1. The third kappa shape index (κ3) is 1.88. The summed E-state index contributed by atoms with van der Waals surface area (Å²) in [7, 11) is 0. The van der Waals surface area contributed by atoms with Crippen molar-refractivity contribution in [2.24, 2.45) is 0 Å². The summed E-state index contributed by atoms with van der Waals surface area (Å²) in [6, 6.07) is 7.82. The number of hydrogen-bond donors (Lipinski definition) is 2. The average Bonchev–Trinajstić information content (AvgIpc) is 2.88. The van der Waals surface area contributed by atoms with E-state index in [4.69, 9.17) is 11.5 Å². The summed E-state index contributed by atoms with van der Waals surface area (Å²) in [6.07, 6.45) is 1.55. The number of aryl methyl sites for hydroxylation is 2. The van der Waals surface area contributed by atoms with Crippen LogP contribution in [-0.2, 0) is 12.8 Å². The van der Waals surface area contributed by atoms with E-state index >= 15 is 0 Å². The Labute approximate surface area is 107 Å². The molecule has 6 nitrogen and oxygen atoms in total. The second-order valence-corrected chi connectivity index (χ2v) is 4.94. The molecule has 0 aliphatic carbocycles. The minimum absolute atomic E-state index is 0.500. The molecule has 18 heavy (non-hydrogen) atoms. The van der Waals surface area contributed by atoms with Gasteiger partial charge in [-0.05, 0) is 18.1 Å². The summed E-state index contributed by atoms with van der Waals surface area (Å²) < 4.78 is 1.69. The zero-order chi connectivity index (χ0) is 12.5. The van der Waals surface area contributed by atoms with Crippen molar-refractivity contribution in [1.82, 2.24) is 19.8 Å². The fraction of sp³-hybridized carbons (Fsp3) is 0.182. The molecule has 0 saturated heterocycles. The highest BCUT2D eigenvalue weighted by Gasteiger charge is 2.10. The van der Waals surface area contributed by atoms with Crippen LogP contribution in [0.25, 0.3) is 4.96 Å². The van der Waals surface area contributed by atoms with Crippen molar-refractivity contribution < 1.29 is 0 Å². The highest BCUT2D eigenvalue weighted by atomic mass is 32.1. The van der Waals surface area contributed by atoms with Gasteiger partial charge < -0.3 is 11.5 Å². The summed E-state index contributed by atoms with van der Waals surface area (Å²) in [5.41, 5.74) is 13.4. The second-order valence-electron chi connectivity index (χ2n) is 3.95. The normalized spacial score (nSPS) is 11.1. The van der Waals surface area contributed by atoms with Gasteiger partial charge in [-0.3, -0.25) is 0 Å². The molecule has 4 N–H and O–H groups in total. The molecule has 0 radical (unpaired) electrons. The fourth-order valence-electron chi connectivity index (χ4n) is 1.84. The predicted octanol–water partition coefficient (Wildman–Crippen LogP) is 1.14. The molecule has 0 fully saturated rings. The standard InChI is InChI=1S/C11H12N6S/c12-8-4-2-1-3-7(8)5-6-9-14-15-11-17(9)16-10(13)18-11/h1-4H,5-6,12H2,(H2,13,16). The van der Waals surface area contributed by atoms with Crippen LogP contribution in [0.1, 0.15) is 11.4 Å². The lowest BCUT2D eigenvalue weighted by atomic mass is 10.1. The van der Waals surface area contributed by atoms with Crippen molar-refractivity contribution in [3.63, 3.8) is 0 Å². The molecule has 0 spiro atoms. The first-order valence-electron chi connectivity index (χ1n) is 5.54. The van der Waals surface area contributed by atoms with Gasteiger partial charge in [-0.1, -0.05) is 29.5 Å². The third-order valence-electron chi connectivity index (χ3n) is 2.74. The minimum Gasteiger partial charge on any atom is -0.399 e. The van der Waals surface area contributed by atoms with Gasteiger partial charge in [-0.25, -0.2) is 0 Å². The van der Waals surface area contributed by atoms with E-state index in [0.717, 1.165) is 34.9 Å². The van der Waals surface area contributed by atoms with E-state index in [1.807, 2.05) is 24.3 Å². The lowest BCUT2D eigenvalue weighted by molar-refractivity contribution is 0.794. The van der Waals surface area contributed by atoms with Crippen molar-refractivity contribution in [1.29, 1.82) is 0 Å². The molecule has 1 aromatic carbocycles. The number of nitrogen functional groups attached to an aromatic ring is 2. The fourth-order valence-corrected chi connectivity index (χ4v) is 2.46. The third-order valence-corrected chi connectivity index (χ3v) is 3.47. The Morgan fingerprint density at radius 3 is 2.78 bits per heavy atom. The molecule has 0 unspecified atom stereocenters. The van der Waals surface area contributed by atoms with Gasteiger partial charge in [-0.2, -0.15) is 4.52 Å². The topological polar surface area (TPSA) is 95.1 Å². The molecule has 92 valence electrons. The molecule has 0 bridgehead atoms. The van der Waals surface area contributed by atoms with Crippen LogP contribution in [0, 0.1) is 0 Å². The number of hydrogen-bond acceptors (Lipinski definition) is 6. The average molecular weight is 260 g/mol. The van der Waals surface area contributed by atoms with E-state index in [2.05, 4.69) is 15.3 Å². The number of aromatic nitrogens is 4. The van der Waals surface area contributed by atoms with Crippen LogP contribution in [0.15, 0.2) is 24.3 Å². The highest BCUT2D eigenvalue weighted by molar-refractivity contribution is 7.20. The van der Waals surface area contributed by atoms with Crippen LogP contribution in [0.2, 0.25) is 0 Å². The van der Waals surface area contributed by atoms with Crippen molar-refractivity contribution >= 4 is 27.1 Å². The number of nitrogens with zero attached hydrogens (tertiary/aromatic N) is 4. The molecular formula is C11H12N6S. The molecule has 0 aliphatic heterocycles. The van der Waals surface area contributed by atoms with Crippen LogP contribution in [0.3, 0.4) is 0 Å². The van der Waals surface area contributed by atoms with Gasteiger partial charge in [0.05, 0.1) is 0 Å². The Morgan fingerprint density at radius 2 is 1.94 bits per heavy atom. The predicted molar refractivity (Wildman–Crippen MR) is 71.3 cm³/mol. The molecule has 2 aromatic heterocycles. The van der Waals surface area contributed by atoms with Gasteiger partial charge in [0.1, 0.15) is 0 Å². The molecule has 0 atom stereocenters. The maximum absolute atomic E-state index is 5.90. The molecule has 2 heterocycles. The Morgan fingerprint density at radius 1 is 1.11 bits per heavy atom. The Kier molecular flexibility index (Phi) is 2.60. The first kappa shape index (κ1) is 11.0. The van der Waals surface area contributed by atoms with Crippen LogP contribution < -0.4 is 11.5 Å². The second kappa shape index (κ2) is 4.26. The largest absolute Gasteiger partial charge is 0.399 e. The molecule has 0 amide bonds. The first-order chi connectivity index (χ1) is 8.74. The van der Waals surface area contributed by atoms with Crippen molar-refractivity contribution in [2.45, 2.75) is 12.8 Å². The van der Waals surface area contributed by atoms with Gasteiger partial charge in [0.2, 0.25) is 10.1 Å². The SMILES string of the molecule is Nc1nn2c(CCc3ccccc3N)nnc2s1. The maximum atomic E-state index is 5.90. The van der Waals surface area contributed by atoms with E-state index < -0.39 is 0 Å². The van der Waals surface area contributed by atoms with Crippen LogP contribution >= 0.6 is 11.3 Å². The first-order valence-corrected chi connectivity index (χ1v) is 6.35. The van der Waals surface area contributed by atoms with Crippen molar-refractivity contribution in [3.8, 4) is 0 Å². The molecule has 0 aliphatic rings. The number of para-hydroxylation sites is 1. The van der Waals surface area contributed by atoms with Gasteiger partial charge >= 0.3 is 0 Å². The number of benzene rings is 1. The van der Waals surface area contributed by atoms with E-state index in [1.54, 1.807) is 4.52 Å². The summed E-state index contributed by atoms with van der Waals surface area (Å²) in [6.45, 7) is 0. The molecule has 3 rings (SSSR count). The summed E-state index contributed by atoms with van der Waals surface area (Å²) in [5, 5.41) is 12.8. The summed E-state index contributed by atoms with van der Waals surface area (Å²) in [4.78, 5) is 0.725. The van der Waals surface area contributed by atoms with Crippen LogP contribution in [0.4, 0.5) is 10.8 Å². The van der Waals surface area contributed by atoms with E-state index in [-0.39, 0.29) is 0 Å². The van der Waals surface area contributed by atoms with Gasteiger partial charge in [-0.15, -0.1) is 15.3 Å². The quantitative estimate of drug-likeness (QED) is 0.688.